The van der Waals surface area contributed by atoms with Crippen molar-refractivity contribution in [3.63, 3.8) is 0 Å². The van der Waals surface area contributed by atoms with Gasteiger partial charge in [-0.3, -0.25) is 0 Å². The van der Waals surface area contributed by atoms with Crippen molar-refractivity contribution in [2.75, 3.05) is 0 Å². The molecule has 0 aliphatic carbocycles. The largest absolute Gasteiger partial charge is 0.305 e. The fraction of sp³-hybridized carbons (Fsp3) is 1.00. The number of hydrogen-bond donors (Lipinski definition) is 1. The van der Waals surface area contributed by atoms with Gasteiger partial charge in [0, 0.05) is 0 Å². The highest BCUT2D eigenvalue weighted by Gasteiger charge is 1.96. The average molecular weight is 115 g/mol. The fourth-order valence-corrected chi connectivity index (χ4v) is 0.546. The van der Waals surface area contributed by atoms with Crippen molar-refractivity contribution in [2.45, 2.75) is 32.7 Å². The van der Waals surface area contributed by atoms with Crippen LogP contribution in [0.3, 0.4) is 0 Å². The van der Waals surface area contributed by atoms with Crippen LogP contribution in [0.4, 0.5) is 0 Å². The van der Waals surface area contributed by atoms with Crippen LogP contribution < -0.4 is 5.84 Å². The van der Waals surface area contributed by atoms with E-state index < -0.39 is 0 Å². The van der Waals surface area contributed by atoms with E-state index in [1.807, 2.05) is 0 Å². The van der Waals surface area contributed by atoms with Crippen LogP contribution in [-0.4, -0.2) is 6.04 Å². The Kier molecular flexibility index (Phi) is 4.21. The molecule has 0 aliphatic rings. The van der Waals surface area contributed by atoms with Crippen LogP contribution in [0.15, 0.2) is 10.3 Å². The quantitative estimate of drug-likeness (QED) is 0.338. The van der Waals surface area contributed by atoms with Gasteiger partial charge in [-0.1, -0.05) is 19.1 Å². The first-order chi connectivity index (χ1) is 3.85. The van der Waals surface area contributed by atoms with Gasteiger partial charge >= 0.3 is 0 Å². The van der Waals surface area contributed by atoms with Crippen LogP contribution in [0.1, 0.15) is 26.7 Å². The second kappa shape index (κ2) is 4.56. The summed E-state index contributed by atoms with van der Waals surface area (Å²) in [6.45, 7) is 4.14. The summed E-state index contributed by atoms with van der Waals surface area (Å²) in [4.78, 5) is 0. The topological polar surface area (TPSA) is 50.7 Å². The van der Waals surface area contributed by atoms with Crippen LogP contribution >= 0.6 is 0 Å². The Bertz CT molecular complexity index is 66.1. The van der Waals surface area contributed by atoms with Crippen LogP contribution in [0, 0.1) is 0 Å². The van der Waals surface area contributed by atoms with Gasteiger partial charge < -0.3 is 5.84 Å². The molecule has 0 aliphatic heterocycles. The van der Waals surface area contributed by atoms with E-state index in [4.69, 9.17) is 5.84 Å². The molecule has 0 heterocycles. The number of rotatable bonds is 3. The van der Waals surface area contributed by atoms with Crippen molar-refractivity contribution in [3.05, 3.63) is 0 Å². The van der Waals surface area contributed by atoms with Gasteiger partial charge in [-0.05, 0) is 12.8 Å². The minimum atomic E-state index is 0.333. The summed E-state index contributed by atoms with van der Waals surface area (Å²) in [6.07, 6.45) is 2.05. The van der Waals surface area contributed by atoms with Crippen molar-refractivity contribution in [1.29, 1.82) is 0 Å². The normalized spacial score (nSPS) is 11.4. The lowest BCUT2D eigenvalue weighted by molar-refractivity contribution is 0.593. The molecule has 0 fully saturated rings. The summed E-state index contributed by atoms with van der Waals surface area (Å²) in [5, 5.41) is 6.97. The van der Waals surface area contributed by atoms with E-state index in [1.165, 1.54) is 0 Å². The second-order valence-electron chi connectivity index (χ2n) is 1.70. The molecule has 0 amide bonds. The van der Waals surface area contributed by atoms with Crippen molar-refractivity contribution in [3.8, 4) is 0 Å². The molecule has 0 aromatic heterocycles. The lowest BCUT2D eigenvalue weighted by Crippen LogP contribution is -1.99. The highest BCUT2D eigenvalue weighted by Crippen LogP contribution is 2.00. The van der Waals surface area contributed by atoms with E-state index in [2.05, 4.69) is 24.2 Å². The molecule has 0 unspecified atom stereocenters. The van der Waals surface area contributed by atoms with Gasteiger partial charge in [-0.25, -0.2) is 0 Å². The molecule has 0 radical (unpaired) electrons. The maximum absolute atomic E-state index is 4.84. The van der Waals surface area contributed by atoms with Crippen LogP contribution in [-0.2, 0) is 0 Å². The smallest absolute Gasteiger partial charge is 0.0724 e. The third-order valence-electron chi connectivity index (χ3n) is 1.17. The molecule has 0 saturated carbocycles. The van der Waals surface area contributed by atoms with Gasteiger partial charge in [0.2, 0.25) is 0 Å². The fourth-order valence-electron chi connectivity index (χ4n) is 0.546. The standard InChI is InChI=1S/C5H13N3/c1-3-5(4-2)7-8-6/h5H,3-4H2,1-2H3,(H2,6,7). The predicted molar refractivity (Wildman–Crippen MR) is 33.4 cm³/mol. The van der Waals surface area contributed by atoms with Gasteiger partial charge in [-0.2, -0.15) is 5.11 Å². The van der Waals surface area contributed by atoms with E-state index in [0.29, 0.717) is 6.04 Å². The molecule has 3 heteroatoms. The Morgan fingerprint density at radius 1 is 1.38 bits per heavy atom. The number of nitrogens with zero attached hydrogens (tertiary/aromatic N) is 2. The van der Waals surface area contributed by atoms with E-state index >= 15 is 0 Å². The number of hydrogen-bond acceptors (Lipinski definition) is 2. The van der Waals surface area contributed by atoms with Crippen LogP contribution in [0.2, 0.25) is 0 Å². The summed E-state index contributed by atoms with van der Waals surface area (Å²) >= 11 is 0. The van der Waals surface area contributed by atoms with E-state index in [9.17, 15) is 0 Å². The Labute approximate surface area is 50.0 Å². The molecule has 0 saturated heterocycles. The van der Waals surface area contributed by atoms with Crippen molar-refractivity contribution in [1.82, 2.24) is 0 Å². The molecule has 8 heavy (non-hydrogen) atoms. The van der Waals surface area contributed by atoms with Gasteiger partial charge in [-0.15, -0.1) is 0 Å². The zero-order chi connectivity index (χ0) is 6.41. The first-order valence-electron chi connectivity index (χ1n) is 2.95. The summed E-state index contributed by atoms with van der Waals surface area (Å²) in [5.74, 6) is 4.84. The highest BCUT2D eigenvalue weighted by molar-refractivity contribution is 4.56. The average Bonchev–Trinajstić information content (AvgIpc) is 1.83. The molecular weight excluding hydrogens is 102 g/mol. The van der Waals surface area contributed by atoms with Gasteiger partial charge in [0.25, 0.3) is 0 Å². The molecule has 2 N–H and O–H groups in total. The lowest BCUT2D eigenvalue weighted by atomic mass is 10.2. The first kappa shape index (κ1) is 7.40. The zero-order valence-corrected chi connectivity index (χ0v) is 5.46. The third-order valence-corrected chi connectivity index (χ3v) is 1.17. The van der Waals surface area contributed by atoms with Crippen LogP contribution in [0.25, 0.3) is 0 Å². The van der Waals surface area contributed by atoms with Gasteiger partial charge in [0.05, 0.1) is 6.04 Å². The van der Waals surface area contributed by atoms with Crippen molar-refractivity contribution in [2.24, 2.45) is 16.2 Å². The third kappa shape index (κ3) is 2.55. The first-order valence-corrected chi connectivity index (χ1v) is 2.95. The Morgan fingerprint density at radius 2 is 1.88 bits per heavy atom. The molecule has 0 aromatic carbocycles. The zero-order valence-electron chi connectivity index (χ0n) is 5.46. The lowest BCUT2D eigenvalue weighted by Gasteiger charge is -2.00. The number of nitrogens with two attached hydrogens (primary N) is 1. The van der Waals surface area contributed by atoms with Gasteiger partial charge in [0.15, 0.2) is 0 Å². The predicted octanol–water partition coefficient (Wildman–Crippen LogP) is 1.50. The molecule has 0 atom stereocenters. The minimum Gasteiger partial charge on any atom is -0.305 e. The SMILES string of the molecule is CCC(CC)N=NN. The summed E-state index contributed by atoms with van der Waals surface area (Å²) in [5.41, 5.74) is 0. The van der Waals surface area contributed by atoms with Crippen molar-refractivity contribution < 1.29 is 0 Å². The summed E-state index contributed by atoms with van der Waals surface area (Å²) in [7, 11) is 0. The van der Waals surface area contributed by atoms with Gasteiger partial charge in [0.1, 0.15) is 0 Å². The molecule has 0 bridgehead atoms. The molecule has 0 rings (SSSR count). The molecule has 0 spiro atoms. The van der Waals surface area contributed by atoms with E-state index in [-0.39, 0.29) is 0 Å². The Balaban J connectivity index is 3.36. The minimum absolute atomic E-state index is 0.333. The highest BCUT2D eigenvalue weighted by atomic mass is 15.3. The summed E-state index contributed by atoms with van der Waals surface area (Å²) < 4.78 is 0. The maximum Gasteiger partial charge on any atom is 0.0724 e. The molecule has 0 aromatic rings. The Morgan fingerprint density at radius 3 is 2.00 bits per heavy atom. The van der Waals surface area contributed by atoms with Crippen molar-refractivity contribution >= 4 is 0 Å². The maximum atomic E-state index is 4.84. The van der Waals surface area contributed by atoms with Crippen LogP contribution in [0.5, 0.6) is 0 Å². The Hall–Kier alpha value is -0.600. The second-order valence-corrected chi connectivity index (χ2v) is 1.70. The molecule has 3 nitrogen and oxygen atoms in total. The molecule has 48 valence electrons. The monoisotopic (exact) mass is 115 g/mol. The summed E-state index contributed by atoms with van der Waals surface area (Å²) in [6, 6.07) is 0.333. The van der Waals surface area contributed by atoms with E-state index in [0.717, 1.165) is 12.8 Å². The van der Waals surface area contributed by atoms with E-state index in [1.54, 1.807) is 0 Å². The molecular formula is C5H13N3.